The average Bonchev–Trinajstić information content (AvgIpc) is 2.99. The predicted molar refractivity (Wildman–Crippen MR) is 111 cm³/mol. The summed E-state index contributed by atoms with van der Waals surface area (Å²) in [5.74, 6) is 0.864. The molecule has 146 valence electrons. The van der Waals surface area contributed by atoms with Crippen molar-refractivity contribution in [3.05, 3.63) is 76.1 Å². The van der Waals surface area contributed by atoms with Crippen LogP contribution < -0.4 is 10.1 Å². The van der Waals surface area contributed by atoms with Gasteiger partial charge < -0.3 is 15.0 Å². The number of aromatic amines is 1. The molecule has 29 heavy (non-hydrogen) atoms. The molecule has 2 aromatic carbocycles. The monoisotopic (exact) mass is 387 g/mol. The maximum absolute atomic E-state index is 12.7. The third kappa shape index (κ3) is 4.19. The van der Waals surface area contributed by atoms with Gasteiger partial charge in [-0.05, 0) is 81.3 Å². The Morgan fingerprint density at radius 1 is 1.03 bits per heavy atom. The maximum Gasteiger partial charge on any atom is 0.272 e. The van der Waals surface area contributed by atoms with E-state index in [1.807, 2.05) is 13.0 Å². The minimum atomic E-state index is -0.304. The van der Waals surface area contributed by atoms with Crippen LogP contribution in [0, 0.1) is 32.1 Å². The third-order valence-corrected chi connectivity index (χ3v) is 4.68. The van der Waals surface area contributed by atoms with Crippen LogP contribution in [0.25, 0.3) is 0 Å². The van der Waals surface area contributed by atoms with E-state index in [1.54, 1.807) is 50.2 Å². The van der Waals surface area contributed by atoms with E-state index in [9.17, 15) is 9.59 Å². The molecule has 3 rings (SSSR count). The van der Waals surface area contributed by atoms with Crippen molar-refractivity contribution in [2.45, 2.75) is 27.7 Å². The molecule has 0 bridgehead atoms. The molecule has 0 fully saturated rings. The van der Waals surface area contributed by atoms with Crippen LogP contribution in [0.15, 0.2) is 42.5 Å². The summed E-state index contributed by atoms with van der Waals surface area (Å²) in [7, 11) is 0. The van der Waals surface area contributed by atoms with Crippen LogP contribution in [0.5, 0.6) is 11.5 Å². The molecule has 0 unspecified atom stereocenters. The summed E-state index contributed by atoms with van der Waals surface area (Å²) >= 11 is 0. The molecule has 0 aliphatic carbocycles. The molecule has 6 nitrogen and oxygen atoms in total. The molecule has 1 heterocycles. The summed E-state index contributed by atoms with van der Waals surface area (Å²) in [5, 5.41) is 11.7. The van der Waals surface area contributed by atoms with Crippen molar-refractivity contribution in [1.82, 2.24) is 4.98 Å². The highest BCUT2D eigenvalue weighted by atomic mass is 16.5. The van der Waals surface area contributed by atoms with Gasteiger partial charge in [0.15, 0.2) is 5.78 Å². The van der Waals surface area contributed by atoms with Crippen LogP contribution in [0.3, 0.4) is 0 Å². The molecule has 0 spiro atoms. The molecule has 0 aliphatic rings. The van der Waals surface area contributed by atoms with E-state index in [1.165, 1.54) is 6.92 Å². The van der Waals surface area contributed by atoms with Crippen molar-refractivity contribution >= 4 is 17.4 Å². The minimum absolute atomic E-state index is 0.0733. The number of nitriles is 1. The van der Waals surface area contributed by atoms with E-state index in [-0.39, 0.29) is 11.7 Å². The van der Waals surface area contributed by atoms with Gasteiger partial charge >= 0.3 is 0 Å². The SMILES string of the molecule is CC(=O)c1c(C)[nH]c(C(=O)Nc2ccc(Oc3ccc(C#N)cc3)cc2C)c1C. The predicted octanol–water partition coefficient (Wildman–Crippen LogP) is 5.06. The number of carbonyl (C=O) groups is 2. The highest BCUT2D eigenvalue weighted by molar-refractivity contribution is 6.07. The van der Waals surface area contributed by atoms with Crippen molar-refractivity contribution in [2.24, 2.45) is 0 Å². The first-order chi connectivity index (χ1) is 13.8. The molecule has 0 atom stereocenters. The molecule has 0 aliphatic heterocycles. The summed E-state index contributed by atoms with van der Waals surface area (Å²) in [5.41, 5.74) is 4.31. The van der Waals surface area contributed by atoms with Crippen molar-refractivity contribution < 1.29 is 14.3 Å². The zero-order valence-corrected chi connectivity index (χ0v) is 16.7. The standard InChI is InChI=1S/C23H21N3O3/c1-13-11-19(29-18-7-5-17(12-24)6-8-18)9-10-20(13)26-23(28)22-14(2)21(16(4)27)15(3)25-22/h5-11,25H,1-4H3,(H,26,28). The van der Waals surface area contributed by atoms with Crippen LogP contribution in [0.1, 0.15) is 50.2 Å². The van der Waals surface area contributed by atoms with Crippen molar-refractivity contribution in [1.29, 1.82) is 5.26 Å². The van der Waals surface area contributed by atoms with Gasteiger partial charge in [-0.2, -0.15) is 5.26 Å². The Morgan fingerprint density at radius 3 is 2.24 bits per heavy atom. The highest BCUT2D eigenvalue weighted by Gasteiger charge is 2.20. The topological polar surface area (TPSA) is 95.0 Å². The summed E-state index contributed by atoms with van der Waals surface area (Å²) < 4.78 is 5.80. The molecule has 0 saturated heterocycles. The number of nitrogens with one attached hydrogen (secondary N) is 2. The summed E-state index contributed by atoms with van der Waals surface area (Å²) in [6.45, 7) is 6.90. The van der Waals surface area contributed by atoms with Crippen LogP contribution >= 0.6 is 0 Å². The smallest absolute Gasteiger partial charge is 0.272 e. The number of aromatic nitrogens is 1. The van der Waals surface area contributed by atoms with E-state index in [0.717, 1.165) is 5.56 Å². The lowest BCUT2D eigenvalue weighted by Crippen LogP contribution is -2.14. The Bertz CT molecular complexity index is 1140. The number of hydrogen-bond donors (Lipinski definition) is 2. The Hall–Kier alpha value is -3.85. The van der Waals surface area contributed by atoms with E-state index in [4.69, 9.17) is 10.00 Å². The fourth-order valence-corrected chi connectivity index (χ4v) is 3.26. The zero-order valence-electron chi connectivity index (χ0n) is 16.7. The number of ketones is 1. The Morgan fingerprint density at radius 2 is 1.69 bits per heavy atom. The summed E-state index contributed by atoms with van der Waals surface area (Å²) in [6.07, 6.45) is 0. The number of ether oxygens (including phenoxy) is 1. The molecule has 2 N–H and O–H groups in total. The lowest BCUT2D eigenvalue weighted by Gasteiger charge is -2.11. The number of rotatable bonds is 5. The van der Waals surface area contributed by atoms with Gasteiger partial charge in [0.25, 0.3) is 5.91 Å². The number of aryl methyl sites for hydroxylation is 2. The number of benzene rings is 2. The Balaban J connectivity index is 1.77. The second-order valence-electron chi connectivity index (χ2n) is 6.85. The van der Waals surface area contributed by atoms with Crippen LogP contribution in [0.2, 0.25) is 0 Å². The molecular weight excluding hydrogens is 366 g/mol. The zero-order chi connectivity index (χ0) is 21.1. The molecule has 0 radical (unpaired) electrons. The lowest BCUT2D eigenvalue weighted by atomic mass is 10.1. The van der Waals surface area contributed by atoms with Gasteiger partial charge in [0.1, 0.15) is 17.2 Å². The Kier molecular flexibility index (Phi) is 5.51. The second-order valence-corrected chi connectivity index (χ2v) is 6.85. The second kappa shape index (κ2) is 8.03. The summed E-state index contributed by atoms with van der Waals surface area (Å²) in [4.78, 5) is 27.5. The largest absolute Gasteiger partial charge is 0.457 e. The van der Waals surface area contributed by atoms with Gasteiger partial charge in [-0.15, -0.1) is 0 Å². The highest BCUT2D eigenvalue weighted by Crippen LogP contribution is 2.27. The number of anilines is 1. The van der Waals surface area contributed by atoms with Gasteiger partial charge in [-0.1, -0.05) is 0 Å². The number of carbonyl (C=O) groups excluding carboxylic acids is 2. The Labute approximate surface area is 169 Å². The van der Waals surface area contributed by atoms with Gasteiger partial charge in [0.05, 0.1) is 11.6 Å². The van der Waals surface area contributed by atoms with Gasteiger partial charge in [-0.25, -0.2) is 0 Å². The number of nitrogens with zero attached hydrogens (tertiary/aromatic N) is 1. The first-order valence-corrected chi connectivity index (χ1v) is 9.10. The van der Waals surface area contributed by atoms with Gasteiger partial charge in [0, 0.05) is 16.9 Å². The van der Waals surface area contributed by atoms with E-state index in [0.29, 0.717) is 45.3 Å². The van der Waals surface area contributed by atoms with Crippen molar-refractivity contribution in [2.75, 3.05) is 5.32 Å². The fourth-order valence-electron chi connectivity index (χ4n) is 3.26. The maximum atomic E-state index is 12.7. The van der Waals surface area contributed by atoms with Gasteiger partial charge in [0.2, 0.25) is 0 Å². The quantitative estimate of drug-likeness (QED) is 0.598. The molecule has 3 aromatic rings. The average molecular weight is 387 g/mol. The van der Waals surface area contributed by atoms with Crippen LogP contribution in [0.4, 0.5) is 5.69 Å². The van der Waals surface area contributed by atoms with Crippen molar-refractivity contribution in [3.8, 4) is 17.6 Å². The first kappa shape index (κ1) is 19.9. The number of hydrogen-bond acceptors (Lipinski definition) is 4. The van der Waals surface area contributed by atoms with Crippen molar-refractivity contribution in [3.63, 3.8) is 0 Å². The summed E-state index contributed by atoms with van der Waals surface area (Å²) in [6, 6.07) is 14.2. The van der Waals surface area contributed by atoms with E-state index < -0.39 is 0 Å². The van der Waals surface area contributed by atoms with E-state index >= 15 is 0 Å². The molecule has 1 amide bonds. The lowest BCUT2D eigenvalue weighted by molar-refractivity contribution is 0.101. The first-order valence-electron chi connectivity index (χ1n) is 9.10. The fraction of sp³-hybridized carbons (Fsp3) is 0.174. The van der Waals surface area contributed by atoms with Gasteiger partial charge in [-0.3, -0.25) is 9.59 Å². The third-order valence-electron chi connectivity index (χ3n) is 4.68. The molecule has 0 saturated carbocycles. The van der Waals surface area contributed by atoms with Crippen LogP contribution in [-0.4, -0.2) is 16.7 Å². The minimum Gasteiger partial charge on any atom is -0.457 e. The molecule has 1 aromatic heterocycles. The van der Waals surface area contributed by atoms with E-state index in [2.05, 4.69) is 16.4 Å². The molecular formula is C23H21N3O3. The normalized spacial score (nSPS) is 10.3. The molecule has 6 heteroatoms. The number of amides is 1. The van der Waals surface area contributed by atoms with Crippen LogP contribution in [-0.2, 0) is 0 Å². The number of Topliss-reactive ketones (excluding diaryl/α,β-unsaturated/α-hetero) is 1. The number of H-pyrrole nitrogens is 1.